The van der Waals surface area contributed by atoms with Crippen LogP contribution in [-0.4, -0.2) is 10.7 Å². The summed E-state index contributed by atoms with van der Waals surface area (Å²) < 4.78 is 5.71. The highest BCUT2D eigenvalue weighted by molar-refractivity contribution is 6.30. The Hall–Kier alpha value is -3.63. The Morgan fingerprint density at radius 1 is 1.17 bits per heavy atom. The molecule has 0 amide bonds. The number of hydrogen-bond acceptors (Lipinski definition) is 6. The zero-order valence-electron chi connectivity index (χ0n) is 15.7. The number of nitro groups is 1. The molecule has 0 saturated heterocycles. The molecule has 4 rings (SSSR count). The third-order valence-electron chi connectivity index (χ3n) is 5.42. The fourth-order valence-electron chi connectivity index (χ4n) is 4.03. The van der Waals surface area contributed by atoms with E-state index in [1.165, 1.54) is 12.1 Å². The topological polar surface area (TPSA) is 119 Å². The number of hydrogen-bond donors (Lipinski definition) is 1. The summed E-state index contributed by atoms with van der Waals surface area (Å²) in [5.41, 5.74) is 7.94. The van der Waals surface area contributed by atoms with E-state index in [0.717, 1.165) is 5.56 Å². The lowest BCUT2D eigenvalue weighted by molar-refractivity contribution is -0.384. The third-order valence-corrected chi connectivity index (χ3v) is 5.65. The number of Topliss-reactive ketones (excluding diaryl/α,β-unsaturated/α-hetero) is 1. The fraction of sp³-hybridized carbons (Fsp3) is 0.182. The van der Waals surface area contributed by atoms with Crippen LogP contribution < -0.4 is 5.73 Å². The van der Waals surface area contributed by atoms with Crippen LogP contribution in [0.2, 0.25) is 5.02 Å². The molecular formula is C22H16ClN3O4. The maximum Gasteiger partial charge on any atom is 0.269 e. The van der Waals surface area contributed by atoms with Gasteiger partial charge in [-0.1, -0.05) is 35.9 Å². The van der Waals surface area contributed by atoms with Crippen molar-refractivity contribution in [2.45, 2.75) is 24.7 Å². The van der Waals surface area contributed by atoms with E-state index in [9.17, 15) is 20.2 Å². The lowest BCUT2D eigenvalue weighted by Gasteiger charge is -2.34. The van der Waals surface area contributed by atoms with Crippen LogP contribution in [0.1, 0.15) is 35.8 Å². The van der Waals surface area contributed by atoms with E-state index in [-0.39, 0.29) is 35.3 Å². The molecule has 0 fully saturated rings. The maximum absolute atomic E-state index is 13.2. The number of non-ortho nitro benzene ring substituents is 1. The molecule has 2 aromatic carbocycles. The minimum Gasteiger partial charge on any atom is -0.444 e. The molecule has 30 heavy (non-hydrogen) atoms. The minimum atomic E-state index is -0.715. The summed E-state index contributed by atoms with van der Waals surface area (Å²) in [5, 5.41) is 21.2. The molecule has 0 unspecified atom stereocenters. The van der Waals surface area contributed by atoms with Crippen molar-refractivity contribution in [1.29, 1.82) is 5.26 Å². The largest absolute Gasteiger partial charge is 0.444 e. The van der Waals surface area contributed by atoms with Gasteiger partial charge in [-0.05, 0) is 29.2 Å². The summed E-state index contributed by atoms with van der Waals surface area (Å²) in [6, 6.07) is 15.1. The SMILES string of the molecule is N#CC1=C(N)OC2=C(C(=O)C[C@@H](c3cccc(Cl)c3)C2)[C@@H]1c1ccc([N+](=O)[O-])cc1. The molecule has 0 saturated carbocycles. The first-order valence-corrected chi connectivity index (χ1v) is 9.60. The van der Waals surface area contributed by atoms with Crippen LogP contribution in [0.3, 0.4) is 0 Å². The number of nitriles is 1. The molecule has 1 aliphatic heterocycles. The van der Waals surface area contributed by atoms with Crippen molar-refractivity contribution in [2.75, 3.05) is 0 Å². The van der Waals surface area contributed by atoms with Crippen LogP contribution in [0.4, 0.5) is 5.69 Å². The minimum absolute atomic E-state index is 0.0563. The molecule has 0 spiro atoms. The van der Waals surface area contributed by atoms with E-state index in [0.29, 0.717) is 28.3 Å². The number of nitrogens with two attached hydrogens (primary N) is 1. The first kappa shape index (κ1) is 19.7. The molecule has 8 heteroatoms. The summed E-state index contributed by atoms with van der Waals surface area (Å²) in [6.07, 6.45) is 0.676. The number of nitro benzene ring substituents is 1. The van der Waals surface area contributed by atoms with Crippen LogP contribution in [0.15, 0.2) is 71.3 Å². The molecule has 1 aliphatic carbocycles. The molecule has 2 aliphatic rings. The van der Waals surface area contributed by atoms with E-state index in [4.69, 9.17) is 22.1 Å². The molecule has 0 radical (unpaired) electrons. The Kier molecular flexibility index (Phi) is 5.02. The molecule has 1 heterocycles. The molecule has 7 nitrogen and oxygen atoms in total. The van der Waals surface area contributed by atoms with Crippen LogP contribution in [0.25, 0.3) is 0 Å². The van der Waals surface area contributed by atoms with Gasteiger partial charge in [0.25, 0.3) is 5.69 Å². The van der Waals surface area contributed by atoms with E-state index >= 15 is 0 Å². The molecule has 2 N–H and O–H groups in total. The predicted octanol–water partition coefficient (Wildman–Crippen LogP) is 4.46. The fourth-order valence-corrected chi connectivity index (χ4v) is 4.22. The highest BCUT2D eigenvalue weighted by atomic mass is 35.5. The highest BCUT2D eigenvalue weighted by Gasteiger charge is 2.41. The lowest BCUT2D eigenvalue weighted by atomic mass is 9.73. The van der Waals surface area contributed by atoms with Gasteiger partial charge in [-0.25, -0.2) is 0 Å². The van der Waals surface area contributed by atoms with Crippen LogP contribution in [0.5, 0.6) is 0 Å². The van der Waals surface area contributed by atoms with Gasteiger partial charge in [-0.15, -0.1) is 0 Å². The number of benzene rings is 2. The van der Waals surface area contributed by atoms with Gasteiger partial charge in [0.1, 0.15) is 17.4 Å². The smallest absolute Gasteiger partial charge is 0.269 e. The van der Waals surface area contributed by atoms with Gasteiger partial charge < -0.3 is 10.5 Å². The van der Waals surface area contributed by atoms with Gasteiger partial charge >= 0.3 is 0 Å². The van der Waals surface area contributed by atoms with E-state index < -0.39 is 10.8 Å². The monoisotopic (exact) mass is 421 g/mol. The summed E-state index contributed by atoms with van der Waals surface area (Å²) in [7, 11) is 0. The van der Waals surface area contributed by atoms with Crippen LogP contribution in [-0.2, 0) is 9.53 Å². The van der Waals surface area contributed by atoms with Gasteiger partial charge in [0.05, 0.1) is 10.8 Å². The number of ketones is 1. The number of carbonyl (C=O) groups is 1. The highest BCUT2D eigenvalue weighted by Crippen LogP contribution is 2.47. The summed E-state index contributed by atoms with van der Waals surface area (Å²) in [5.74, 6) is -0.615. The summed E-state index contributed by atoms with van der Waals surface area (Å²) >= 11 is 6.10. The second-order valence-corrected chi connectivity index (χ2v) is 7.63. The number of carbonyl (C=O) groups excluding carboxylic acids is 1. The Balaban J connectivity index is 1.77. The van der Waals surface area contributed by atoms with Crippen molar-refractivity contribution in [3.63, 3.8) is 0 Å². The van der Waals surface area contributed by atoms with E-state index in [1.54, 1.807) is 18.2 Å². The molecule has 2 aromatic rings. The van der Waals surface area contributed by atoms with Crippen molar-refractivity contribution in [2.24, 2.45) is 5.73 Å². The Bertz CT molecular complexity index is 1160. The zero-order valence-corrected chi connectivity index (χ0v) is 16.4. The van der Waals surface area contributed by atoms with Gasteiger partial charge in [0, 0.05) is 35.6 Å². The maximum atomic E-state index is 13.2. The number of ether oxygens (including phenoxy) is 1. The molecule has 0 aromatic heterocycles. The predicted molar refractivity (Wildman–Crippen MR) is 109 cm³/mol. The number of nitrogens with zero attached hydrogens (tertiary/aromatic N) is 2. The molecule has 2 atom stereocenters. The standard InChI is InChI=1S/C22H16ClN3O4/c23-15-3-1-2-13(8-15)14-9-18(27)21-19(10-14)30-22(25)17(11-24)20(21)12-4-6-16(7-5-12)26(28)29/h1-8,14,20H,9-10,25H2/t14-,20-/m1/s1. The number of halogens is 1. The van der Waals surface area contributed by atoms with Gasteiger partial charge in [0.15, 0.2) is 5.78 Å². The average molecular weight is 422 g/mol. The van der Waals surface area contributed by atoms with Gasteiger partial charge in [0.2, 0.25) is 5.88 Å². The average Bonchev–Trinajstić information content (AvgIpc) is 2.72. The Labute approximate surface area is 177 Å². The van der Waals surface area contributed by atoms with E-state index in [1.807, 2.05) is 24.3 Å². The van der Waals surface area contributed by atoms with Gasteiger partial charge in [-0.3, -0.25) is 14.9 Å². The summed E-state index contributed by atoms with van der Waals surface area (Å²) in [6.45, 7) is 0. The van der Waals surface area contributed by atoms with Crippen molar-refractivity contribution >= 4 is 23.1 Å². The van der Waals surface area contributed by atoms with Crippen molar-refractivity contribution in [1.82, 2.24) is 0 Å². The third kappa shape index (κ3) is 3.42. The Morgan fingerprint density at radius 3 is 2.53 bits per heavy atom. The summed E-state index contributed by atoms with van der Waals surface area (Å²) in [4.78, 5) is 23.6. The van der Waals surface area contributed by atoms with Gasteiger partial charge in [-0.2, -0.15) is 5.26 Å². The molecule has 0 bridgehead atoms. The van der Waals surface area contributed by atoms with Crippen molar-refractivity contribution in [3.05, 3.63) is 97.6 Å². The van der Waals surface area contributed by atoms with E-state index in [2.05, 4.69) is 0 Å². The zero-order chi connectivity index (χ0) is 21.4. The second-order valence-electron chi connectivity index (χ2n) is 7.19. The number of allylic oxidation sites excluding steroid dienone is 3. The Morgan fingerprint density at radius 2 is 1.90 bits per heavy atom. The molecule has 150 valence electrons. The quantitative estimate of drug-likeness (QED) is 0.577. The first-order valence-electron chi connectivity index (χ1n) is 9.22. The molecular weight excluding hydrogens is 406 g/mol. The second kappa shape index (κ2) is 7.65. The first-order chi connectivity index (χ1) is 14.4. The lowest BCUT2D eigenvalue weighted by Crippen LogP contribution is -2.29. The number of rotatable bonds is 3. The van der Waals surface area contributed by atoms with Crippen LogP contribution >= 0.6 is 11.6 Å². The van der Waals surface area contributed by atoms with Crippen molar-refractivity contribution in [3.8, 4) is 6.07 Å². The van der Waals surface area contributed by atoms with Crippen LogP contribution in [0, 0.1) is 21.4 Å². The van der Waals surface area contributed by atoms with Crippen molar-refractivity contribution < 1.29 is 14.5 Å². The normalized spacial score (nSPS) is 21.0.